The molecule has 0 saturated carbocycles. The molecule has 2 aliphatic rings. The first-order valence-corrected chi connectivity index (χ1v) is 9.58. The number of methoxy groups -OCH3 is 1. The number of carbonyl (C=O) groups excluding carboxylic acids is 2. The summed E-state index contributed by atoms with van der Waals surface area (Å²) in [6.45, 7) is 4.81. The number of aryl methyl sites for hydroxylation is 2. The molecule has 0 radical (unpaired) electrons. The molecule has 1 fully saturated rings. The Bertz CT molecular complexity index is 892. The van der Waals surface area contributed by atoms with Crippen molar-refractivity contribution in [2.45, 2.75) is 39.2 Å². The van der Waals surface area contributed by atoms with Crippen LogP contribution in [-0.2, 0) is 0 Å². The summed E-state index contributed by atoms with van der Waals surface area (Å²) in [6.07, 6.45) is 1.82. The number of fused-ring (bicyclic) bond motifs is 1. The second-order valence-corrected chi connectivity index (χ2v) is 7.47. The number of hydrogen-bond acceptors (Lipinski definition) is 6. The van der Waals surface area contributed by atoms with E-state index in [2.05, 4.69) is 5.16 Å². The molecule has 1 amide bonds. The predicted molar refractivity (Wildman–Crippen MR) is 101 cm³/mol. The Balaban J connectivity index is 1.41. The summed E-state index contributed by atoms with van der Waals surface area (Å²) in [4.78, 5) is 27.2. The van der Waals surface area contributed by atoms with Crippen LogP contribution in [0.15, 0.2) is 22.7 Å². The molecule has 1 aromatic heterocycles. The fraction of sp³-hybridized carbons (Fsp3) is 0.476. The molecule has 4 rings (SSSR count). The lowest BCUT2D eigenvalue weighted by Gasteiger charge is -2.37. The minimum absolute atomic E-state index is 0.0345. The quantitative estimate of drug-likeness (QED) is 0.808. The lowest BCUT2D eigenvalue weighted by Crippen LogP contribution is -2.44. The third kappa shape index (κ3) is 3.25. The van der Waals surface area contributed by atoms with Gasteiger partial charge in [0.05, 0.1) is 18.4 Å². The van der Waals surface area contributed by atoms with Crippen LogP contribution in [0.2, 0.25) is 0 Å². The van der Waals surface area contributed by atoms with Gasteiger partial charge in [-0.3, -0.25) is 9.59 Å². The average molecular weight is 384 g/mol. The van der Waals surface area contributed by atoms with Crippen LogP contribution in [0.25, 0.3) is 0 Å². The molecule has 7 heteroatoms. The Hall–Kier alpha value is -2.83. The van der Waals surface area contributed by atoms with Crippen molar-refractivity contribution in [3.63, 3.8) is 0 Å². The molecule has 28 heavy (non-hydrogen) atoms. The summed E-state index contributed by atoms with van der Waals surface area (Å²) in [5.41, 5.74) is 1.77. The normalized spacial score (nSPS) is 19.9. The van der Waals surface area contributed by atoms with Crippen molar-refractivity contribution in [2.75, 3.05) is 20.2 Å². The van der Waals surface area contributed by atoms with E-state index in [-0.39, 0.29) is 23.7 Å². The topological polar surface area (TPSA) is 81.9 Å². The van der Waals surface area contributed by atoms with Crippen LogP contribution in [0.5, 0.6) is 11.5 Å². The highest BCUT2D eigenvalue weighted by molar-refractivity contribution is 6.00. The van der Waals surface area contributed by atoms with E-state index in [9.17, 15) is 9.59 Å². The van der Waals surface area contributed by atoms with Crippen LogP contribution in [0.1, 0.15) is 51.4 Å². The van der Waals surface area contributed by atoms with Crippen LogP contribution in [0.4, 0.5) is 0 Å². The zero-order chi connectivity index (χ0) is 19.8. The van der Waals surface area contributed by atoms with Gasteiger partial charge in [-0.1, -0.05) is 5.16 Å². The fourth-order valence-corrected chi connectivity index (χ4v) is 4.14. The third-order valence-corrected chi connectivity index (χ3v) is 5.75. The van der Waals surface area contributed by atoms with E-state index < -0.39 is 0 Å². The lowest BCUT2D eigenvalue weighted by molar-refractivity contribution is 0.0450. The van der Waals surface area contributed by atoms with Crippen LogP contribution < -0.4 is 9.47 Å². The Morgan fingerprint density at radius 2 is 2.00 bits per heavy atom. The molecule has 1 aromatic carbocycles. The first-order valence-electron chi connectivity index (χ1n) is 9.58. The molecule has 1 atom stereocenters. The molecule has 0 bridgehead atoms. The summed E-state index contributed by atoms with van der Waals surface area (Å²) in [5.74, 6) is 2.12. The van der Waals surface area contributed by atoms with Gasteiger partial charge in [-0.05, 0) is 50.8 Å². The molecule has 2 aromatic rings. The van der Waals surface area contributed by atoms with Gasteiger partial charge in [-0.25, -0.2) is 0 Å². The number of likely N-dealkylation sites (tertiary alicyclic amines) is 1. The number of nitrogens with zero attached hydrogens (tertiary/aromatic N) is 2. The number of amides is 1. The van der Waals surface area contributed by atoms with Crippen molar-refractivity contribution in [1.82, 2.24) is 10.1 Å². The average Bonchev–Trinajstić information content (AvgIpc) is 3.05. The number of hydrogen-bond donors (Lipinski definition) is 0. The zero-order valence-corrected chi connectivity index (χ0v) is 16.4. The van der Waals surface area contributed by atoms with E-state index in [0.717, 1.165) is 12.8 Å². The summed E-state index contributed by atoms with van der Waals surface area (Å²) in [5, 5.41) is 3.87. The van der Waals surface area contributed by atoms with E-state index in [1.165, 1.54) is 0 Å². The van der Waals surface area contributed by atoms with Crippen molar-refractivity contribution in [2.24, 2.45) is 5.92 Å². The van der Waals surface area contributed by atoms with Crippen molar-refractivity contribution in [3.05, 3.63) is 40.8 Å². The minimum atomic E-state index is -0.148. The number of piperidine rings is 1. The highest BCUT2D eigenvalue weighted by atomic mass is 16.5. The molecule has 3 heterocycles. The zero-order valence-electron chi connectivity index (χ0n) is 16.4. The fourth-order valence-electron chi connectivity index (χ4n) is 4.14. The molecule has 0 N–H and O–H groups in total. The van der Waals surface area contributed by atoms with E-state index in [4.69, 9.17) is 14.0 Å². The Morgan fingerprint density at radius 3 is 2.64 bits per heavy atom. The van der Waals surface area contributed by atoms with Gasteiger partial charge in [0.15, 0.2) is 5.78 Å². The minimum Gasteiger partial charge on any atom is -0.497 e. The van der Waals surface area contributed by atoms with Crippen LogP contribution in [0.3, 0.4) is 0 Å². The number of rotatable bonds is 3. The molecule has 0 spiro atoms. The number of Topliss-reactive ketones (excluding diaryl/α,β-unsaturated/α-hetero) is 1. The maximum atomic E-state index is 12.8. The number of aromatic nitrogens is 1. The van der Waals surface area contributed by atoms with Gasteiger partial charge in [0.2, 0.25) is 0 Å². The van der Waals surface area contributed by atoms with Gasteiger partial charge in [-0.15, -0.1) is 0 Å². The van der Waals surface area contributed by atoms with Crippen LogP contribution >= 0.6 is 0 Å². The molecular weight excluding hydrogens is 360 g/mol. The highest BCUT2D eigenvalue weighted by Crippen LogP contribution is 2.36. The van der Waals surface area contributed by atoms with Gasteiger partial charge in [0, 0.05) is 19.5 Å². The lowest BCUT2D eigenvalue weighted by atomic mass is 9.85. The van der Waals surface area contributed by atoms with Gasteiger partial charge in [0.25, 0.3) is 5.91 Å². The van der Waals surface area contributed by atoms with E-state index in [0.29, 0.717) is 53.6 Å². The molecule has 0 aliphatic carbocycles. The maximum absolute atomic E-state index is 12.8. The van der Waals surface area contributed by atoms with Gasteiger partial charge >= 0.3 is 0 Å². The first kappa shape index (κ1) is 18.5. The largest absolute Gasteiger partial charge is 0.497 e. The maximum Gasteiger partial charge on any atom is 0.259 e. The smallest absolute Gasteiger partial charge is 0.259 e. The molecule has 7 nitrogen and oxygen atoms in total. The van der Waals surface area contributed by atoms with Crippen molar-refractivity contribution < 1.29 is 23.6 Å². The van der Waals surface area contributed by atoms with Gasteiger partial charge in [-0.2, -0.15) is 0 Å². The second kappa shape index (κ2) is 7.30. The highest BCUT2D eigenvalue weighted by Gasteiger charge is 2.36. The SMILES string of the molecule is COc1ccc2c(c1)C(=O)C[C@@H](C1CCN(C(=O)c3c(C)noc3C)CC1)O2. The van der Waals surface area contributed by atoms with Crippen molar-refractivity contribution in [1.29, 1.82) is 0 Å². The number of ketones is 1. The monoisotopic (exact) mass is 384 g/mol. The molecule has 148 valence electrons. The number of ether oxygens (including phenoxy) is 2. The first-order chi connectivity index (χ1) is 13.5. The molecular formula is C21H24N2O5. The van der Waals surface area contributed by atoms with Crippen molar-refractivity contribution in [3.8, 4) is 11.5 Å². The van der Waals surface area contributed by atoms with Crippen LogP contribution in [0, 0.1) is 19.8 Å². The summed E-state index contributed by atoms with van der Waals surface area (Å²) in [6, 6.07) is 5.34. The van der Waals surface area contributed by atoms with E-state index in [1.807, 2.05) is 4.90 Å². The van der Waals surface area contributed by atoms with Gasteiger partial charge in [0.1, 0.15) is 28.9 Å². The number of benzene rings is 1. The third-order valence-electron chi connectivity index (χ3n) is 5.75. The van der Waals surface area contributed by atoms with E-state index in [1.54, 1.807) is 39.2 Å². The van der Waals surface area contributed by atoms with Gasteiger partial charge < -0.3 is 18.9 Å². The molecule has 0 unspecified atom stereocenters. The summed E-state index contributed by atoms with van der Waals surface area (Å²) < 4.78 is 16.5. The van der Waals surface area contributed by atoms with Crippen molar-refractivity contribution >= 4 is 11.7 Å². The molecule has 2 aliphatic heterocycles. The second-order valence-electron chi connectivity index (χ2n) is 7.47. The summed E-state index contributed by atoms with van der Waals surface area (Å²) in [7, 11) is 1.58. The van der Waals surface area contributed by atoms with Crippen LogP contribution in [-0.4, -0.2) is 48.1 Å². The Kier molecular flexibility index (Phi) is 4.83. The Labute approximate surface area is 163 Å². The number of carbonyl (C=O) groups is 2. The predicted octanol–water partition coefficient (Wildman–Crippen LogP) is 3.19. The molecule has 1 saturated heterocycles. The van der Waals surface area contributed by atoms with E-state index >= 15 is 0 Å². The summed E-state index contributed by atoms with van der Waals surface area (Å²) >= 11 is 0. The standard InChI is InChI=1S/C21H24N2O5/c1-12-20(13(2)28-22-12)21(25)23-8-6-14(7-9-23)19-11-17(24)16-10-15(26-3)4-5-18(16)27-19/h4-5,10,14,19H,6-9,11H2,1-3H3/t19-/m0/s1. The Morgan fingerprint density at radius 1 is 1.25 bits per heavy atom.